The monoisotopic (exact) mass is 247 g/mol. The van der Waals surface area contributed by atoms with Crippen LogP contribution in [0.5, 0.6) is 5.75 Å². The molecule has 0 saturated carbocycles. The molecule has 3 N–H and O–H groups in total. The summed E-state index contributed by atoms with van der Waals surface area (Å²) in [6, 6.07) is 4.72. The van der Waals surface area contributed by atoms with Gasteiger partial charge < -0.3 is 10.8 Å². The summed E-state index contributed by atoms with van der Waals surface area (Å²) >= 11 is 3.17. The molecule has 0 saturated heterocycles. The molecule has 0 spiro atoms. The first-order valence-corrected chi connectivity index (χ1v) is 4.75. The number of rotatable bonds is 3. The predicted octanol–water partition coefficient (Wildman–Crippen LogP) is 2.51. The molecular weight excluding hydrogens is 237 g/mol. The molecule has 0 amide bonds. The summed E-state index contributed by atoms with van der Waals surface area (Å²) in [5, 5.41) is 9.55. The average molecular weight is 248 g/mol. The van der Waals surface area contributed by atoms with Crippen molar-refractivity contribution in [3.8, 4) is 5.75 Å². The number of nitrogens with two attached hydrogens (primary N) is 1. The second-order valence-corrected chi connectivity index (χ2v) is 3.62. The molecule has 1 atom stereocenters. The third-order valence-corrected chi connectivity index (χ3v) is 2.48. The largest absolute Gasteiger partial charge is 0.506 e. The molecule has 13 heavy (non-hydrogen) atoms. The maximum atomic E-state index is 12.0. The van der Waals surface area contributed by atoms with E-state index < -0.39 is 12.7 Å². The lowest BCUT2D eigenvalue weighted by Crippen LogP contribution is -2.11. The van der Waals surface area contributed by atoms with Gasteiger partial charge in [-0.3, -0.25) is 4.39 Å². The Morgan fingerprint density at radius 3 is 2.85 bits per heavy atom. The Bertz CT molecular complexity index is 293. The number of hydrogen-bond acceptors (Lipinski definition) is 2. The van der Waals surface area contributed by atoms with E-state index in [4.69, 9.17) is 5.73 Å². The molecule has 0 heterocycles. The van der Waals surface area contributed by atoms with E-state index in [1.54, 1.807) is 18.2 Å². The Morgan fingerprint density at radius 2 is 2.23 bits per heavy atom. The molecule has 1 aromatic rings. The second kappa shape index (κ2) is 4.58. The Hall–Kier alpha value is -0.610. The van der Waals surface area contributed by atoms with Crippen LogP contribution in [0.1, 0.15) is 18.0 Å². The van der Waals surface area contributed by atoms with Gasteiger partial charge in [0.2, 0.25) is 0 Å². The van der Waals surface area contributed by atoms with Crippen LogP contribution in [0.2, 0.25) is 0 Å². The normalized spacial score (nSPS) is 12.8. The molecule has 0 bridgehead atoms. The Labute approximate surface area is 84.7 Å². The minimum absolute atomic E-state index is 0.100. The van der Waals surface area contributed by atoms with E-state index in [1.165, 1.54) is 0 Å². The molecule has 0 aliphatic heterocycles. The zero-order chi connectivity index (χ0) is 9.84. The number of benzene rings is 1. The van der Waals surface area contributed by atoms with Crippen molar-refractivity contribution in [3.05, 3.63) is 28.2 Å². The van der Waals surface area contributed by atoms with Crippen molar-refractivity contribution in [1.29, 1.82) is 0 Å². The van der Waals surface area contributed by atoms with E-state index in [-0.39, 0.29) is 12.2 Å². The minimum Gasteiger partial charge on any atom is -0.506 e. The minimum atomic E-state index is -0.479. The smallest absolute Gasteiger partial charge is 0.134 e. The Morgan fingerprint density at radius 1 is 1.54 bits per heavy atom. The van der Waals surface area contributed by atoms with Crippen LogP contribution in [0.3, 0.4) is 0 Å². The first kappa shape index (κ1) is 10.5. The van der Waals surface area contributed by atoms with Gasteiger partial charge in [-0.15, -0.1) is 0 Å². The van der Waals surface area contributed by atoms with Crippen LogP contribution in [-0.4, -0.2) is 11.8 Å². The molecule has 1 aromatic carbocycles. The molecule has 4 heteroatoms. The molecular formula is C9H11BrFNO. The van der Waals surface area contributed by atoms with Crippen molar-refractivity contribution in [2.24, 2.45) is 5.73 Å². The zero-order valence-electron chi connectivity index (χ0n) is 7.00. The van der Waals surface area contributed by atoms with Gasteiger partial charge >= 0.3 is 0 Å². The van der Waals surface area contributed by atoms with Crippen LogP contribution in [0.15, 0.2) is 22.7 Å². The van der Waals surface area contributed by atoms with Crippen molar-refractivity contribution in [3.63, 3.8) is 0 Å². The number of phenols is 1. The van der Waals surface area contributed by atoms with Crippen molar-refractivity contribution in [1.82, 2.24) is 0 Å². The summed E-state index contributed by atoms with van der Waals surface area (Å²) in [7, 11) is 0. The summed E-state index contributed by atoms with van der Waals surface area (Å²) in [4.78, 5) is 0. The van der Waals surface area contributed by atoms with Crippen LogP contribution >= 0.6 is 15.9 Å². The summed E-state index contributed by atoms with van der Waals surface area (Å²) < 4.78 is 12.6. The van der Waals surface area contributed by atoms with Crippen LogP contribution in [-0.2, 0) is 0 Å². The summed E-state index contributed by atoms with van der Waals surface area (Å²) in [6.07, 6.45) is 0.226. The fraction of sp³-hybridized carbons (Fsp3) is 0.333. The molecule has 0 radical (unpaired) electrons. The lowest BCUT2D eigenvalue weighted by Gasteiger charge is -2.12. The quantitative estimate of drug-likeness (QED) is 0.863. The zero-order valence-corrected chi connectivity index (χ0v) is 8.59. The van der Waals surface area contributed by atoms with Crippen molar-refractivity contribution in [2.45, 2.75) is 12.5 Å². The van der Waals surface area contributed by atoms with Crippen molar-refractivity contribution >= 4 is 15.9 Å². The third kappa shape index (κ3) is 2.42. The first-order chi connectivity index (χ1) is 6.16. The van der Waals surface area contributed by atoms with Gasteiger partial charge in [0.05, 0.1) is 11.1 Å². The summed E-state index contributed by atoms with van der Waals surface area (Å²) in [6.45, 7) is -0.479. The van der Waals surface area contributed by atoms with Crippen LogP contribution in [0.4, 0.5) is 4.39 Å². The standard InChI is InChI=1S/C9H11BrFNO/c10-7-3-1-2-6(9(7)13)8(12)4-5-11/h1-3,8,13H,4-5,12H2/t8-/m1/s1. The number of halogens is 2. The van der Waals surface area contributed by atoms with Gasteiger partial charge in [0.1, 0.15) is 5.75 Å². The van der Waals surface area contributed by atoms with Crippen molar-refractivity contribution < 1.29 is 9.50 Å². The predicted molar refractivity (Wildman–Crippen MR) is 53.3 cm³/mol. The Balaban J connectivity index is 2.93. The molecule has 0 unspecified atom stereocenters. The fourth-order valence-electron chi connectivity index (χ4n) is 1.10. The van der Waals surface area contributed by atoms with Crippen LogP contribution in [0, 0.1) is 0 Å². The number of aromatic hydroxyl groups is 1. The van der Waals surface area contributed by atoms with E-state index in [0.29, 0.717) is 10.0 Å². The summed E-state index contributed by atoms with van der Waals surface area (Å²) in [5.74, 6) is 0.100. The molecule has 2 nitrogen and oxygen atoms in total. The van der Waals surface area contributed by atoms with E-state index in [0.717, 1.165) is 0 Å². The van der Waals surface area contributed by atoms with Gasteiger partial charge in [-0.05, 0) is 28.4 Å². The van der Waals surface area contributed by atoms with Crippen molar-refractivity contribution in [2.75, 3.05) is 6.67 Å². The number of para-hydroxylation sites is 1. The fourth-order valence-corrected chi connectivity index (χ4v) is 1.49. The SMILES string of the molecule is N[C@H](CCF)c1cccc(Br)c1O. The molecule has 72 valence electrons. The average Bonchev–Trinajstić information content (AvgIpc) is 2.10. The van der Waals surface area contributed by atoms with Gasteiger partial charge in [0, 0.05) is 11.6 Å². The highest BCUT2D eigenvalue weighted by Gasteiger charge is 2.11. The van der Waals surface area contributed by atoms with E-state index in [9.17, 15) is 9.50 Å². The maximum Gasteiger partial charge on any atom is 0.134 e. The first-order valence-electron chi connectivity index (χ1n) is 3.95. The van der Waals surface area contributed by atoms with E-state index in [1.807, 2.05) is 0 Å². The highest BCUT2D eigenvalue weighted by molar-refractivity contribution is 9.10. The number of hydrogen-bond donors (Lipinski definition) is 2. The highest BCUT2D eigenvalue weighted by atomic mass is 79.9. The van der Waals surface area contributed by atoms with Gasteiger partial charge in [0.15, 0.2) is 0 Å². The van der Waals surface area contributed by atoms with Crippen LogP contribution in [0.25, 0.3) is 0 Å². The van der Waals surface area contributed by atoms with Crippen LogP contribution < -0.4 is 5.73 Å². The van der Waals surface area contributed by atoms with Gasteiger partial charge in [-0.2, -0.15) is 0 Å². The van der Waals surface area contributed by atoms with Gasteiger partial charge in [-0.25, -0.2) is 0 Å². The second-order valence-electron chi connectivity index (χ2n) is 2.76. The van der Waals surface area contributed by atoms with E-state index in [2.05, 4.69) is 15.9 Å². The Kier molecular flexibility index (Phi) is 3.69. The highest BCUT2D eigenvalue weighted by Crippen LogP contribution is 2.31. The molecule has 0 aromatic heterocycles. The van der Waals surface area contributed by atoms with Gasteiger partial charge in [0.25, 0.3) is 0 Å². The lowest BCUT2D eigenvalue weighted by atomic mass is 10.0. The van der Waals surface area contributed by atoms with Gasteiger partial charge in [-0.1, -0.05) is 12.1 Å². The molecule has 0 aliphatic rings. The molecule has 1 rings (SSSR count). The van der Waals surface area contributed by atoms with E-state index >= 15 is 0 Å². The third-order valence-electron chi connectivity index (χ3n) is 1.84. The molecule has 0 fully saturated rings. The number of phenolic OH excluding ortho intramolecular Hbond substituents is 1. The molecule has 0 aliphatic carbocycles. The maximum absolute atomic E-state index is 12.0. The summed E-state index contributed by atoms with van der Waals surface area (Å²) in [5.41, 5.74) is 6.23. The lowest BCUT2D eigenvalue weighted by molar-refractivity contribution is 0.423. The topological polar surface area (TPSA) is 46.2 Å². The number of alkyl halides is 1.